The van der Waals surface area contributed by atoms with Crippen LogP contribution in [-0.2, 0) is 73.5 Å². The quantitative estimate of drug-likeness (QED) is 0.0166. The van der Waals surface area contributed by atoms with Crippen molar-refractivity contribution >= 4 is 88.8 Å². The van der Waals surface area contributed by atoms with Crippen LogP contribution in [0.5, 0.6) is 0 Å². The predicted octanol–water partition coefficient (Wildman–Crippen LogP) is -4.61. The third-order valence-corrected chi connectivity index (χ3v) is 13.8. The van der Waals surface area contributed by atoms with Gasteiger partial charge in [0.1, 0.15) is 60.4 Å². The van der Waals surface area contributed by atoms with Crippen molar-refractivity contribution in [2.45, 2.75) is 212 Å². The maximum atomic E-state index is 14.2. The molecule has 0 aromatic carbocycles. The van der Waals surface area contributed by atoms with Crippen molar-refractivity contribution in [3.63, 3.8) is 0 Å². The minimum atomic E-state index is -1.64. The highest BCUT2D eigenvalue weighted by Gasteiger charge is 2.36. The molecule has 0 spiro atoms. The van der Waals surface area contributed by atoms with Gasteiger partial charge < -0.3 is 102 Å². The van der Waals surface area contributed by atoms with Crippen LogP contribution in [0.3, 0.4) is 0 Å². The number of hydrogen-bond acceptors (Lipinski definition) is 18. The number of amides is 11. The van der Waals surface area contributed by atoms with Crippen LogP contribution in [0.1, 0.15) is 145 Å². The maximum Gasteiger partial charge on any atom is 0.326 e. The fraction of sp³-hybridized carbons (Fsp3) is 0.679. The highest BCUT2D eigenvalue weighted by Crippen LogP contribution is 2.13. The lowest BCUT2D eigenvalue weighted by Gasteiger charge is -2.28. The molecule has 0 unspecified atom stereocenters. The fourth-order valence-electron chi connectivity index (χ4n) is 8.78. The van der Waals surface area contributed by atoms with Crippen molar-refractivity contribution in [2.24, 2.45) is 40.7 Å². The fourth-order valence-corrected chi connectivity index (χ4v) is 8.78. The number of aromatic nitrogens is 2. The lowest BCUT2D eigenvalue weighted by molar-refractivity contribution is -0.143. The van der Waals surface area contributed by atoms with Gasteiger partial charge >= 0.3 is 17.9 Å². The summed E-state index contributed by atoms with van der Waals surface area (Å²) in [6, 6.07) is -15.7. The van der Waals surface area contributed by atoms with Gasteiger partial charge in [-0.3, -0.25) is 67.7 Å². The molecule has 11 atom stereocenters. The molecular formula is C56H96N18O17. The van der Waals surface area contributed by atoms with Crippen molar-refractivity contribution in [3.8, 4) is 0 Å². The number of carboxylic acid groups (broad SMARTS) is 3. The first-order valence-corrected chi connectivity index (χ1v) is 30.1. The summed E-state index contributed by atoms with van der Waals surface area (Å²) in [5, 5.41) is 63.1. The Hall–Kier alpha value is -9.02. The average Bonchev–Trinajstić information content (AvgIpc) is 2.31. The second kappa shape index (κ2) is 41.3. The largest absolute Gasteiger partial charge is 0.481 e. The van der Waals surface area contributed by atoms with Crippen LogP contribution in [0.15, 0.2) is 12.5 Å². The molecule has 0 aliphatic rings. The summed E-state index contributed by atoms with van der Waals surface area (Å²) in [5.74, 6) is -16.0. The number of carboxylic acids is 3. The number of primary amides is 1. The Balaban J connectivity index is 3.42. The van der Waals surface area contributed by atoms with E-state index in [2.05, 4.69) is 68.5 Å². The van der Waals surface area contributed by atoms with Crippen LogP contribution >= 0.6 is 0 Å². The van der Waals surface area contributed by atoms with Crippen molar-refractivity contribution in [1.29, 1.82) is 5.41 Å². The van der Waals surface area contributed by atoms with E-state index in [1.54, 1.807) is 41.5 Å². The van der Waals surface area contributed by atoms with Crippen LogP contribution < -0.4 is 81.4 Å². The third-order valence-electron chi connectivity index (χ3n) is 13.8. The van der Waals surface area contributed by atoms with E-state index >= 15 is 0 Å². The van der Waals surface area contributed by atoms with E-state index in [1.807, 2.05) is 0 Å². The molecule has 35 nitrogen and oxygen atoms in total. The normalized spacial score (nSPS) is 14.8. The van der Waals surface area contributed by atoms with Crippen LogP contribution in [0.25, 0.3) is 0 Å². The van der Waals surface area contributed by atoms with Crippen LogP contribution in [0.4, 0.5) is 0 Å². The summed E-state index contributed by atoms with van der Waals surface area (Å²) in [6.07, 6.45) is 0.882. The number of H-pyrrole nitrogens is 1. The standard InChI is InChI=1S/C56H96N18O17/c1-27(2)22-38(71-46(81)31(8)66-49(84)36(15-18-42(76)77)69-54(89)44(29(5)6)74-53(88)40(24-32-25-62-26-64-32)72-47(82)33(58)12-9-10-20-57)51(86)68-34(13-11-21-63-56(60)61)48(83)65-30(7)45(80)67-35(14-17-41(59)75)50(85)73-39(23-28(3)4)52(87)70-37(55(90)91)16-19-43(78)79/h25-31,33-40,44H,9-24,57-58H2,1-8H3,(H2,59,75)(H,62,64)(H,65,83)(H,66,84)(H,67,80)(H,68,86)(H,69,89)(H,70,87)(H,71,81)(H,72,82)(H,73,85)(H,74,88)(H,76,77)(H,78,79)(H,90,91)(H4,60,61,63)/t30-,31-,33-,34-,35-,36-,37-,38-,39-,40-,44-/m0/s1. The van der Waals surface area contributed by atoms with E-state index in [9.17, 15) is 77.3 Å². The first kappa shape index (κ1) is 80.0. The number of unbranched alkanes of at least 4 members (excludes halogenated alkanes) is 1. The maximum absolute atomic E-state index is 14.2. The lowest BCUT2D eigenvalue weighted by Crippen LogP contribution is -2.61. The average molecular weight is 1290 g/mol. The van der Waals surface area contributed by atoms with E-state index < -0.39 is 200 Å². The molecule has 0 saturated heterocycles. The minimum Gasteiger partial charge on any atom is -0.481 e. The molecule has 0 aliphatic carbocycles. The van der Waals surface area contributed by atoms with Gasteiger partial charge in [-0.05, 0) is 95.9 Å². The molecule has 1 aromatic rings. The smallest absolute Gasteiger partial charge is 0.326 e. The highest BCUT2D eigenvalue weighted by molar-refractivity contribution is 5.99. The summed E-state index contributed by atoms with van der Waals surface area (Å²) in [6.45, 7) is 12.8. The van der Waals surface area contributed by atoms with Crippen molar-refractivity contribution < 1.29 is 82.4 Å². The number of hydrogen-bond donors (Lipinski definition) is 20. The number of aliphatic carboxylic acids is 3. The summed E-state index contributed by atoms with van der Waals surface area (Å²) in [5.41, 5.74) is 22.8. The van der Waals surface area contributed by atoms with E-state index in [0.717, 1.165) is 0 Å². The summed E-state index contributed by atoms with van der Waals surface area (Å²) < 4.78 is 0. The monoisotopic (exact) mass is 1290 g/mol. The number of nitrogens with zero attached hydrogens (tertiary/aromatic N) is 1. The molecule has 0 saturated carbocycles. The van der Waals surface area contributed by atoms with Gasteiger partial charge in [-0.25, -0.2) is 9.78 Å². The number of guanidine groups is 1. The van der Waals surface area contributed by atoms with E-state index in [1.165, 1.54) is 26.4 Å². The van der Waals surface area contributed by atoms with Crippen LogP contribution in [-0.4, -0.2) is 194 Å². The van der Waals surface area contributed by atoms with Gasteiger partial charge in [-0.1, -0.05) is 48.0 Å². The predicted molar refractivity (Wildman–Crippen MR) is 327 cm³/mol. The molecule has 91 heavy (non-hydrogen) atoms. The van der Waals surface area contributed by atoms with Crippen molar-refractivity contribution in [2.75, 3.05) is 13.1 Å². The number of rotatable bonds is 45. The van der Waals surface area contributed by atoms with Crippen molar-refractivity contribution in [1.82, 2.24) is 68.5 Å². The topological polar surface area (TPSA) is 589 Å². The number of nitrogens with one attached hydrogen (secondary N) is 13. The number of carbonyl (C=O) groups excluding carboxylic acids is 11. The Bertz CT molecular complexity index is 2640. The molecule has 0 radical (unpaired) electrons. The van der Waals surface area contributed by atoms with Crippen LogP contribution in [0.2, 0.25) is 0 Å². The summed E-state index contributed by atoms with van der Waals surface area (Å²) in [7, 11) is 0. The molecule has 35 heteroatoms. The Labute approximate surface area is 527 Å². The molecule has 0 bridgehead atoms. The van der Waals surface area contributed by atoms with E-state index in [-0.39, 0.29) is 56.9 Å². The number of nitrogens with two attached hydrogens (primary N) is 4. The van der Waals surface area contributed by atoms with E-state index in [0.29, 0.717) is 25.1 Å². The number of imidazole rings is 1. The van der Waals surface area contributed by atoms with Gasteiger partial charge in [0.15, 0.2) is 5.96 Å². The molecule has 1 heterocycles. The second-order valence-corrected chi connectivity index (χ2v) is 23.2. The lowest BCUT2D eigenvalue weighted by atomic mass is 10.0. The minimum absolute atomic E-state index is 0.0275. The Kier molecular flexibility index (Phi) is 36.3. The zero-order valence-electron chi connectivity index (χ0n) is 52.9. The number of aromatic amines is 1. The molecule has 0 aliphatic heterocycles. The molecule has 24 N–H and O–H groups in total. The highest BCUT2D eigenvalue weighted by atomic mass is 16.4. The van der Waals surface area contributed by atoms with Gasteiger partial charge in [0, 0.05) is 38.4 Å². The zero-order chi connectivity index (χ0) is 69.2. The first-order chi connectivity index (χ1) is 42.6. The number of carbonyl (C=O) groups is 14. The Morgan fingerprint density at radius 3 is 1.36 bits per heavy atom. The van der Waals surface area contributed by atoms with Gasteiger partial charge in [0.25, 0.3) is 0 Å². The summed E-state index contributed by atoms with van der Waals surface area (Å²) in [4.78, 5) is 191. The van der Waals surface area contributed by atoms with Gasteiger partial charge in [-0.15, -0.1) is 0 Å². The Morgan fingerprint density at radius 2 is 0.912 bits per heavy atom. The third kappa shape index (κ3) is 32.3. The SMILES string of the molecule is CC(C)C[C@H](NC(=O)[C@H](C)NC(=O)[C@H](CCC(=O)O)NC(=O)[C@@H](NC(=O)[C@H](Cc1c[nH]cn1)NC(=O)[C@@H](N)CCCCN)C(C)C)C(=O)N[C@@H](CCCNC(=N)N)C(=O)N[C@@H](C)C(=O)N[C@@H](CCC(N)=O)C(=O)N[C@@H](CC(C)C)C(=O)N[C@@H](CCC(=O)O)C(=O)O. The Morgan fingerprint density at radius 1 is 0.495 bits per heavy atom. The zero-order valence-corrected chi connectivity index (χ0v) is 52.9. The van der Waals surface area contributed by atoms with Gasteiger partial charge in [0.05, 0.1) is 18.1 Å². The molecule has 512 valence electrons. The second-order valence-electron chi connectivity index (χ2n) is 23.2. The molecule has 11 amide bonds. The summed E-state index contributed by atoms with van der Waals surface area (Å²) >= 11 is 0. The first-order valence-electron chi connectivity index (χ1n) is 30.1. The molecule has 0 fully saturated rings. The van der Waals surface area contributed by atoms with Gasteiger partial charge in [0.2, 0.25) is 65.0 Å². The van der Waals surface area contributed by atoms with Crippen LogP contribution in [0, 0.1) is 23.2 Å². The van der Waals surface area contributed by atoms with Crippen molar-refractivity contribution in [3.05, 3.63) is 18.2 Å². The molecule has 1 rings (SSSR count). The van der Waals surface area contributed by atoms with E-state index in [4.69, 9.17) is 33.5 Å². The molecule has 1 aromatic heterocycles. The molecular weight excluding hydrogens is 1200 g/mol. The van der Waals surface area contributed by atoms with Gasteiger partial charge in [-0.2, -0.15) is 0 Å².